The first-order valence-electron chi connectivity index (χ1n) is 1.71. The first kappa shape index (κ1) is 10.6. The SMILES string of the molecule is [CH2-]CNC[CH2-].[K+]. The third-order valence-electron chi connectivity index (χ3n) is 0.354. The van der Waals surface area contributed by atoms with Gasteiger partial charge in [0.25, 0.3) is 0 Å². The first-order chi connectivity index (χ1) is 2.41. The Morgan fingerprint density at radius 2 is 1.50 bits per heavy atom. The summed E-state index contributed by atoms with van der Waals surface area (Å²) in [5, 5.41) is 2.89. The molecule has 0 amide bonds. The second kappa shape index (κ2) is 9.78. The average molecular weight is 110 g/mol. The smallest absolute Gasteiger partial charge is 0.376 e. The predicted octanol–water partition coefficient (Wildman–Crippen LogP) is -2.75. The van der Waals surface area contributed by atoms with Crippen LogP contribution in [0.3, 0.4) is 0 Å². The quantitative estimate of drug-likeness (QED) is 0.300. The van der Waals surface area contributed by atoms with E-state index in [0.717, 1.165) is 13.1 Å². The number of nitrogens with one attached hydrogen (secondary N) is 1. The summed E-state index contributed by atoms with van der Waals surface area (Å²) < 4.78 is 0. The van der Waals surface area contributed by atoms with E-state index in [-0.39, 0.29) is 51.4 Å². The predicted molar refractivity (Wildman–Crippen MR) is 23.6 cm³/mol. The van der Waals surface area contributed by atoms with Gasteiger partial charge in [0.2, 0.25) is 0 Å². The molecule has 2 heteroatoms. The molecule has 0 aliphatic carbocycles. The van der Waals surface area contributed by atoms with E-state index < -0.39 is 0 Å². The van der Waals surface area contributed by atoms with Gasteiger partial charge in [0.15, 0.2) is 0 Å². The Hall–Kier alpha value is 1.60. The van der Waals surface area contributed by atoms with Crippen LogP contribution in [0.25, 0.3) is 0 Å². The van der Waals surface area contributed by atoms with E-state index in [1.165, 1.54) is 0 Å². The molecule has 0 aromatic rings. The second-order valence-electron chi connectivity index (χ2n) is 0.750. The van der Waals surface area contributed by atoms with Gasteiger partial charge in [-0.25, -0.2) is 0 Å². The van der Waals surface area contributed by atoms with Gasteiger partial charge in [0.1, 0.15) is 0 Å². The van der Waals surface area contributed by atoms with E-state index in [1.807, 2.05) is 0 Å². The van der Waals surface area contributed by atoms with Crippen molar-refractivity contribution in [1.29, 1.82) is 0 Å². The molecule has 0 unspecified atom stereocenters. The fraction of sp³-hybridized carbons (Fsp3) is 0.500. The molecule has 1 nitrogen and oxygen atoms in total. The van der Waals surface area contributed by atoms with Crippen LogP contribution in [0.4, 0.5) is 0 Å². The average Bonchev–Trinajstić information content (AvgIpc) is 1.41. The van der Waals surface area contributed by atoms with Crippen molar-refractivity contribution in [2.24, 2.45) is 0 Å². The maximum absolute atomic E-state index is 3.52. The summed E-state index contributed by atoms with van der Waals surface area (Å²) in [6.45, 7) is 8.61. The Balaban J connectivity index is 0. The Bertz CT molecular complexity index is 15.0. The molecule has 32 valence electrons. The zero-order valence-electron chi connectivity index (χ0n) is 4.33. The molecule has 0 spiro atoms. The van der Waals surface area contributed by atoms with E-state index in [9.17, 15) is 0 Å². The van der Waals surface area contributed by atoms with Gasteiger partial charge in [-0.2, -0.15) is 0 Å². The van der Waals surface area contributed by atoms with E-state index in [1.54, 1.807) is 0 Å². The minimum absolute atomic E-state index is 0. The molecule has 0 aliphatic rings. The zero-order chi connectivity index (χ0) is 4.12. The monoisotopic (exact) mass is 110 g/mol. The minimum atomic E-state index is 0. The summed E-state index contributed by atoms with van der Waals surface area (Å²) in [6, 6.07) is 0. The third-order valence-corrected chi connectivity index (χ3v) is 0.354. The summed E-state index contributed by atoms with van der Waals surface area (Å²) in [4.78, 5) is 0. The van der Waals surface area contributed by atoms with Crippen molar-refractivity contribution in [3.63, 3.8) is 0 Å². The molecule has 0 rings (SSSR count). The maximum atomic E-state index is 3.52. The van der Waals surface area contributed by atoms with Gasteiger partial charge < -0.3 is 19.2 Å². The molecule has 0 bridgehead atoms. The van der Waals surface area contributed by atoms with Crippen molar-refractivity contribution in [2.75, 3.05) is 13.1 Å². The van der Waals surface area contributed by atoms with E-state index in [4.69, 9.17) is 0 Å². The van der Waals surface area contributed by atoms with Gasteiger partial charge in [-0.1, -0.05) is 0 Å². The van der Waals surface area contributed by atoms with Crippen molar-refractivity contribution < 1.29 is 51.4 Å². The standard InChI is InChI=1S/C4H9N.K/c1-3-5-4-2;/h5H,1-4H2;/q-2;+1. The molecule has 0 atom stereocenters. The summed E-state index contributed by atoms with van der Waals surface area (Å²) in [5.74, 6) is 0. The number of rotatable bonds is 2. The van der Waals surface area contributed by atoms with Gasteiger partial charge in [-0.3, -0.25) is 0 Å². The van der Waals surface area contributed by atoms with Gasteiger partial charge in [-0.15, -0.1) is 13.1 Å². The van der Waals surface area contributed by atoms with Crippen LogP contribution >= 0.6 is 0 Å². The molecule has 0 heterocycles. The Morgan fingerprint density at radius 3 is 1.50 bits per heavy atom. The molecule has 0 saturated carbocycles. The molecule has 0 radical (unpaired) electrons. The third kappa shape index (κ3) is 9.14. The van der Waals surface area contributed by atoms with Crippen LogP contribution in [0, 0.1) is 13.8 Å². The summed E-state index contributed by atoms with van der Waals surface area (Å²) in [5.41, 5.74) is 0. The van der Waals surface area contributed by atoms with Crippen molar-refractivity contribution in [3.8, 4) is 0 Å². The molecule has 6 heavy (non-hydrogen) atoms. The molecule has 0 aromatic carbocycles. The minimum Gasteiger partial charge on any atom is -0.376 e. The topological polar surface area (TPSA) is 12.0 Å². The van der Waals surface area contributed by atoms with Crippen LogP contribution in [-0.2, 0) is 0 Å². The van der Waals surface area contributed by atoms with E-state index in [0.29, 0.717) is 0 Å². The molecule has 0 saturated heterocycles. The fourth-order valence-corrected chi connectivity index (χ4v) is 0.125. The number of hydrogen-bond acceptors (Lipinski definition) is 1. The van der Waals surface area contributed by atoms with Crippen molar-refractivity contribution in [3.05, 3.63) is 13.8 Å². The number of hydrogen-bond donors (Lipinski definition) is 1. The van der Waals surface area contributed by atoms with Crippen molar-refractivity contribution in [2.45, 2.75) is 0 Å². The van der Waals surface area contributed by atoms with Gasteiger partial charge in [-0.05, 0) is 0 Å². The first-order valence-corrected chi connectivity index (χ1v) is 1.71. The van der Waals surface area contributed by atoms with Crippen LogP contribution < -0.4 is 56.7 Å². The van der Waals surface area contributed by atoms with Crippen LogP contribution in [0.1, 0.15) is 0 Å². The summed E-state index contributed by atoms with van der Waals surface area (Å²) in [7, 11) is 0. The molecular formula is C4H9KN-. The Morgan fingerprint density at radius 1 is 1.17 bits per heavy atom. The van der Waals surface area contributed by atoms with Gasteiger partial charge >= 0.3 is 51.4 Å². The largest absolute Gasteiger partial charge is 1.00 e. The van der Waals surface area contributed by atoms with E-state index >= 15 is 0 Å². The van der Waals surface area contributed by atoms with Crippen molar-refractivity contribution in [1.82, 2.24) is 5.32 Å². The summed E-state index contributed by atoms with van der Waals surface area (Å²) in [6.07, 6.45) is 0. The van der Waals surface area contributed by atoms with Gasteiger partial charge in [0.05, 0.1) is 0 Å². The molecule has 1 N–H and O–H groups in total. The fourth-order valence-electron chi connectivity index (χ4n) is 0.125. The Labute approximate surface area is 82.3 Å². The van der Waals surface area contributed by atoms with Gasteiger partial charge in [0, 0.05) is 0 Å². The van der Waals surface area contributed by atoms with Crippen LogP contribution in [0.15, 0.2) is 0 Å². The second-order valence-corrected chi connectivity index (χ2v) is 0.750. The molecule has 0 aliphatic heterocycles. The molecular weight excluding hydrogens is 101 g/mol. The van der Waals surface area contributed by atoms with Crippen LogP contribution in [0.2, 0.25) is 0 Å². The molecule has 0 fully saturated rings. The van der Waals surface area contributed by atoms with E-state index in [2.05, 4.69) is 19.2 Å². The normalized spacial score (nSPS) is 7.00. The van der Waals surface area contributed by atoms with Crippen LogP contribution in [-0.4, -0.2) is 13.1 Å². The molecule has 0 aromatic heterocycles. The van der Waals surface area contributed by atoms with Crippen LogP contribution in [0.5, 0.6) is 0 Å². The van der Waals surface area contributed by atoms with Crippen molar-refractivity contribution >= 4 is 0 Å². The maximum Gasteiger partial charge on any atom is 1.00 e. The summed E-state index contributed by atoms with van der Waals surface area (Å²) >= 11 is 0. The zero-order valence-corrected chi connectivity index (χ0v) is 7.45. The Kier molecular flexibility index (Phi) is 17.2.